The number of benzene rings is 2. The summed E-state index contributed by atoms with van der Waals surface area (Å²) in [6.45, 7) is 4.23. The van der Waals surface area contributed by atoms with E-state index in [4.69, 9.17) is 9.47 Å². The Morgan fingerprint density at radius 3 is 2.11 bits per heavy atom. The maximum Gasteiger partial charge on any atom is 0.408 e. The number of carbonyl (C=O) groups excluding carboxylic acids is 4. The molecule has 0 saturated carbocycles. The van der Waals surface area contributed by atoms with Gasteiger partial charge < -0.3 is 35.3 Å². The van der Waals surface area contributed by atoms with Crippen molar-refractivity contribution in [3.05, 3.63) is 65.7 Å². The quantitative estimate of drug-likeness (QED) is 0.302. The first-order chi connectivity index (χ1) is 18.0. The SMILES string of the molecule is COC(=O)CNC(=O)C(Cc1ccc(OCc2ccccc2)cc1)NC(=O)C(CO)NC(=O)OC(C)(C)C. The molecule has 206 valence electrons. The lowest BCUT2D eigenvalue weighted by Crippen LogP contribution is -2.56. The summed E-state index contributed by atoms with van der Waals surface area (Å²) in [5.41, 5.74) is 0.893. The summed E-state index contributed by atoms with van der Waals surface area (Å²) in [6, 6.07) is 14.1. The van der Waals surface area contributed by atoms with Gasteiger partial charge in [-0.3, -0.25) is 14.4 Å². The van der Waals surface area contributed by atoms with Gasteiger partial charge in [0, 0.05) is 6.42 Å². The van der Waals surface area contributed by atoms with Crippen molar-refractivity contribution in [3.8, 4) is 5.75 Å². The lowest BCUT2D eigenvalue weighted by atomic mass is 10.0. The third kappa shape index (κ3) is 10.9. The number of aliphatic hydroxyl groups is 1. The van der Waals surface area contributed by atoms with Crippen LogP contribution in [0.5, 0.6) is 5.75 Å². The molecule has 0 saturated heterocycles. The van der Waals surface area contributed by atoms with E-state index in [2.05, 4.69) is 20.7 Å². The zero-order chi connectivity index (χ0) is 28.1. The van der Waals surface area contributed by atoms with Crippen molar-refractivity contribution < 1.29 is 38.5 Å². The summed E-state index contributed by atoms with van der Waals surface area (Å²) in [6.07, 6.45) is -0.841. The lowest BCUT2D eigenvalue weighted by molar-refractivity contribution is -0.141. The van der Waals surface area contributed by atoms with Crippen LogP contribution >= 0.6 is 0 Å². The number of ether oxygens (including phenoxy) is 3. The van der Waals surface area contributed by atoms with Gasteiger partial charge in [-0.25, -0.2) is 4.79 Å². The first kappa shape index (κ1) is 30.1. The van der Waals surface area contributed by atoms with E-state index >= 15 is 0 Å². The molecular formula is C27H35N3O8. The predicted octanol–water partition coefficient (Wildman–Crippen LogP) is 1.47. The van der Waals surface area contributed by atoms with Gasteiger partial charge in [0.25, 0.3) is 0 Å². The Morgan fingerprint density at radius 1 is 0.868 bits per heavy atom. The fourth-order valence-corrected chi connectivity index (χ4v) is 3.18. The molecule has 0 aromatic heterocycles. The smallest absolute Gasteiger partial charge is 0.408 e. The van der Waals surface area contributed by atoms with Gasteiger partial charge in [-0.15, -0.1) is 0 Å². The number of carbonyl (C=O) groups is 4. The Labute approximate surface area is 221 Å². The molecule has 3 amide bonds. The molecule has 11 heteroatoms. The fourth-order valence-electron chi connectivity index (χ4n) is 3.18. The molecule has 0 spiro atoms. The molecule has 38 heavy (non-hydrogen) atoms. The van der Waals surface area contributed by atoms with Gasteiger partial charge in [-0.1, -0.05) is 42.5 Å². The second-order valence-corrected chi connectivity index (χ2v) is 9.36. The van der Waals surface area contributed by atoms with Crippen LogP contribution < -0.4 is 20.7 Å². The number of amides is 3. The van der Waals surface area contributed by atoms with E-state index in [-0.39, 0.29) is 6.42 Å². The van der Waals surface area contributed by atoms with Crippen molar-refractivity contribution in [1.82, 2.24) is 16.0 Å². The largest absolute Gasteiger partial charge is 0.489 e. The average molecular weight is 530 g/mol. The zero-order valence-electron chi connectivity index (χ0n) is 22.0. The standard InChI is InChI=1S/C27H35N3O8/c1-27(2,3)38-26(35)30-22(16-31)25(34)29-21(24(33)28-15-23(32)36-4)14-18-10-12-20(13-11-18)37-17-19-8-6-5-7-9-19/h5-13,21-22,31H,14-17H2,1-4H3,(H,28,33)(H,29,34)(H,30,35). The highest BCUT2D eigenvalue weighted by Gasteiger charge is 2.28. The molecule has 11 nitrogen and oxygen atoms in total. The predicted molar refractivity (Wildman–Crippen MR) is 138 cm³/mol. The highest BCUT2D eigenvalue weighted by atomic mass is 16.6. The Morgan fingerprint density at radius 2 is 1.53 bits per heavy atom. The maximum atomic E-state index is 12.8. The van der Waals surface area contributed by atoms with E-state index in [1.165, 1.54) is 7.11 Å². The molecule has 0 aliphatic heterocycles. The second-order valence-electron chi connectivity index (χ2n) is 9.36. The average Bonchev–Trinajstić information content (AvgIpc) is 2.88. The van der Waals surface area contributed by atoms with Crippen LogP contribution in [0.4, 0.5) is 4.79 Å². The minimum absolute atomic E-state index is 0.0578. The molecule has 4 N–H and O–H groups in total. The highest BCUT2D eigenvalue weighted by Crippen LogP contribution is 2.16. The molecule has 2 aromatic rings. The first-order valence-corrected chi connectivity index (χ1v) is 12.0. The fraction of sp³-hybridized carbons (Fsp3) is 0.407. The molecule has 0 aliphatic carbocycles. The molecule has 2 unspecified atom stereocenters. The van der Waals surface area contributed by atoms with Crippen LogP contribution in [0.25, 0.3) is 0 Å². The number of nitrogens with one attached hydrogen (secondary N) is 3. The summed E-state index contributed by atoms with van der Waals surface area (Å²) in [5.74, 6) is -1.50. The molecule has 0 bridgehead atoms. The second kappa shape index (κ2) is 14.6. The maximum absolute atomic E-state index is 12.8. The molecule has 0 heterocycles. The summed E-state index contributed by atoms with van der Waals surface area (Å²) in [5, 5.41) is 16.9. The van der Waals surface area contributed by atoms with Crippen molar-refractivity contribution in [2.75, 3.05) is 20.3 Å². The molecule has 2 atom stereocenters. The number of alkyl carbamates (subject to hydrolysis) is 1. The molecular weight excluding hydrogens is 494 g/mol. The summed E-state index contributed by atoms with van der Waals surface area (Å²) < 4.78 is 15.4. The number of hydrogen-bond donors (Lipinski definition) is 4. The Kier molecular flexibility index (Phi) is 11.5. The minimum Gasteiger partial charge on any atom is -0.489 e. The monoisotopic (exact) mass is 529 g/mol. The third-order valence-electron chi connectivity index (χ3n) is 5.07. The van der Waals surface area contributed by atoms with Crippen LogP contribution in [0, 0.1) is 0 Å². The van der Waals surface area contributed by atoms with Gasteiger partial charge in [-0.2, -0.15) is 0 Å². The number of hydrogen-bond acceptors (Lipinski definition) is 8. The molecule has 2 aromatic carbocycles. The molecule has 0 fully saturated rings. The van der Waals surface area contributed by atoms with Crippen molar-refractivity contribution in [3.63, 3.8) is 0 Å². The van der Waals surface area contributed by atoms with Gasteiger partial charge in [0.1, 0.15) is 36.6 Å². The Bertz CT molecular complexity index is 1070. The third-order valence-corrected chi connectivity index (χ3v) is 5.07. The van der Waals surface area contributed by atoms with Gasteiger partial charge in [0.15, 0.2) is 0 Å². The summed E-state index contributed by atoms with van der Waals surface area (Å²) in [4.78, 5) is 49.2. The van der Waals surface area contributed by atoms with E-state index in [9.17, 15) is 24.3 Å². The van der Waals surface area contributed by atoms with Gasteiger partial charge in [0.05, 0.1) is 13.7 Å². The van der Waals surface area contributed by atoms with Crippen molar-refractivity contribution in [2.45, 2.75) is 51.5 Å². The van der Waals surface area contributed by atoms with Crippen molar-refractivity contribution in [1.29, 1.82) is 0 Å². The Balaban J connectivity index is 2.08. The van der Waals surface area contributed by atoms with Gasteiger partial charge in [0.2, 0.25) is 11.8 Å². The number of esters is 1. The number of rotatable bonds is 12. The van der Waals surface area contributed by atoms with E-state index in [0.717, 1.165) is 5.56 Å². The van der Waals surface area contributed by atoms with Crippen molar-refractivity contribution in [2.24, 2.45) is 0 Å². The van der Waals surface area contributed by atoms with Crippen LogP contribution in [-0.2, 0) is 36.9 Å². The minimum atomic E-state index is -1.37. The zero-order valence-corrected chi connectivity index (χ0v) is 22.0. The lowest BCUT2D eigenvalue weighted by Gasteiger charge is -2.24. The molecule has 0 aliphatic rings. The topological polar surface area (TPSA) is 152 Å². The van der Waals surface area contributed by atoms with Crippen LogP contribution in [-0.4, -0.2) is 66.9 Å². The van der Waals surface area contributed by atoms with Crippen molar-refractivity contribution >= 4 is 23.9 Å². The van der Waals surface area contributed by atoms with Gasteiger partial charge in [-0.05, 0) is 44.0 Å². The molecule has 2 rings (SSSR count). The van der Waals surface area contributed by atoms with Crippen LogP contribution in [0.15, 0.2) is 54.6 Å². The van der Waals surface area contributed by atoms with Crippen LogP contribution in [0.3, 0.4) is 0 Å². The van der Waals surface area contributed by atoms with Crippen LogP contribution in [0.1, 0.15) is 31.9 Å². The summed E-state index contributed by atoms with van der Waals surface area (Å²) >= 11 is 0. The number of aliphatic hydroxyl groups excluding tert-OH is 1. The van der Waals surface area contributed by atoms with Crippen LogP contribution in [0.2, 0.25) is 0 Å². The summed E-state index contributed by atoms with van der Waals surface area (Å²) in [7, 11) is 1.18. The van der Waals surface area contributed by atoms with E-state index in [0.29, 0.717) is 17.9 Å². The number of methoxy groups -OCH3 is 1. The highest BCUT2D eigenvalue weighted by molar-refractivity contribution is 5.92. The van der Waals surface area contributed by atoms with Gasteiger partial charge >= 0.3 is 12.1 Å². The normalized spacial score (nSPS) is 12.4. The first-order valence-electron chi connectivity index (χ1n) is 12.0. The van der Waals surface area contributed by atoms with E-state index in [1.807, 2.05) is 30.3 Å². The molecule has 0 radical (unpaired) electrons. The van der Waals surface area contributed by atoms with E-state index < -0.39 is 54.7 Å². The Hall–Kier alpha value is -4.12. The van der Waals surface area contributed by atoms with E-state index in [1.54, 1.807) is 45.0 Å².